The molecule has 0 aromatic rings. The Hall–Kier alpha value is -0.0900. The highest BCUT2D eigenvalue weighted by Crippen LogP contribution is 2.31. The smallest absolute Gasteiger partial charge is 0.211 e. The van der Waals surface area contributed by atoms with Crippen molar-refractivity contribution in [2.75, 3.05) is 12.8 Å². The van der Waals surface area contributed by atoms with E-state index in [1.807, 2.05) is 0 Å². The topological polar surface area (TPSA) is 37.4 Å². The van der Waals surface area contributed by atoms with Crippen molar-refractivity contribution in [2.24, 2.45) is 5.41 Å². The molecular weight excluding hydrogens is 186 g/mol. The molecule has 0 saturated heterocycles. The summed E-state index contributed by atoms with van der Waals surface area (Å²) < 4.78 is 24.5. The molecule has 1 aliphatic rings. The second-order valence-corrected chi connectivity index (χ2v) is 7.04. The monoisotopic (exact) mass is 205 g/mol. The standard InChI is InChI=1S/C9H19NO2S/c1-9(2,3)7-10(8-5-6-8)13(4,11)12/h8H,5-7H2,1-4H3. The molecule has 0 N–H and O–H groups in total. The predicted octanol–water partition coefficient (Wildman–Crippen LogP) is 1.46. The molecule has 4 heteroatoms. The van der Waals surface area contributed by atoms with Crippen LogP contribution in [-0.4, -0.2) is 31.6 Å². The summed E-state index contributed by atoms with van der Waals surface area (Å²) in [4.78, 5) is 0. The molecule has 13 heavy (non-hydrogen) atoms. The Balaban J connectivity index is 2.70. The van der Waals surface area contributed by atoms with Crippen LogP contribution in [0.25, 0.3) is 0 Å². The van der Waals surface area contributed by atoms with Crippen LogP contribution in [0.5, 0.6) is 0 Å². The van der Waals surface area contributed by atoms with E-state index >= 15 is 0 Å². The Kier molecular flexibility index (Phi) is 2.74. The van der Waals surface area contributed by atoms with Gasteiger partial charge in [0.1, 0.15) is 0 Å². The minimum absolute atomic E-state index is 0.0473. The lowest BCUT2D eigenvalue weighted by molar-refractivity contribution is 0.277. The lowest BCUT2D eigenvalue weighted by Crippen LogP contribution is -2.38. The van der Waals surface area contributed by atoms with Gasteiger partial charge in [-0.2, -0.15) is 4.31 Å². The zero-order valence-electron chi connectivity index (χ0n) is 8.87. The van der Waals surface area contributed by atoms with Crippen LogP contribution >= 0.6 is 0 Å². The van der Waals surface area contributed by atoms with Crippen LogP contribution < -0.4 is 0 Å². The molecule has 0 heterocycles. The molecule has 0 amide bonds. The summed E-state index contributed by atoms with van der Waals surface area (Å²) in [5.41, 5.74) is 0.0473. The van der Waals surface area contributed by atoms with Gasteiger partial charge in [0.15, 0.2) is 0 Å². The summed E-state index contributed by atoms with van der Waals surface area (Å²) in [5, 5.41) is 0. The first-order valence-electron chi connectivity index (χ1n) is 4.67. The number of nitrogens with zero attached hydrogens (tertiary/aromatic N) is 1. The first-order chi connectivity index (χ1) is 5.70. The molecule has 3 nitrogen and oxygen atoms in total. The molecule has 0 unspecified atom stereocenters. The fourth-order valence-electron chi connectivity index (χ4n) is 1.35. The van der Waals surface area contributed by atoms with Gasteiger partial charge in [0.25, 0.3) is 0 Å². The van der Waals surface area contributed by atoms with Crippen LogP contribution in [0.2, 0.25) is 0 Å². The van der Waals surface area contributed by atoms with Crippen LogP contribution in [0.3, 0.4) is 0 Å². The van der Waals surface area contributed by atoms with Crippen LogP contribution in [0, 0.1) is 5.41 Å². The molecule has 0 bridgehead atoms. The summed E-state index contributed by atoms with van der Waals surface area (Å²) in [5.74, 6) is 0. The van der Waals surface area contributed by atoms with Crippen molar-refractivity contribution in [2.45, 2.75) is 39.7 Å². The number of sulfonamides is 1. The van der Waals surface area contributed by atoms with Crippen molar-refractivity contribution in [3.05, 3.63) is 0 Å². The number of hydrogen-bond donors (Lipinski definition) is 0. The molecule has 0 spiro atoms. The van der Waals surface area contributed by atoms with Gasteiger partial charge in [-0.15, -0.1) is 0 Å². The molecule has 1 fully saturated rings. The Morgan fingerprint density at radius 3 is 2.00 bits per heavy atom. The maximum Gasteiger partial charge on any atom is 0.211 e. The van der Waals surface area contributed by atoms with E-state index in [1.54, 1.807) is 4.31 Å². The maximum absolute atomic E-state index is 11.4. The van der Waals surface area contributed by atoms with E-state index in [4.69, 9.17) is 0 Å². The van der Waals surface area contributed by atoms with Crippen molar-refractivity contribution in [3.8, 4) is 0 Å². The van der Waals surface area contributed by atoms with Crippen molar-refractivity contribution >= 4 is 10.0 Å². The highest BCUT2D eigenvalue weighted by Gasteiger charge is 2.36. The van der Waals surface area contributed by atoms with Crippen molar-refractivity contribution in [1.29, 1.82) is 0 Å². The lowest BCUT2D eigenvalue weighted by Gasteiger charge is -2.27. The summed E-state index contributed by atoms with van der Waals surface area (Å²) in [7, 11) is -3.00. The fourth-order valence-corrected chi connectivity index (χ4v) is 2.72. The second-order valence-electron chi connectivity index (χ2n) is 5.10. The van der Waals surface area contributed by atoms with Crippen LogP contribution in [0.15, 0.2) is 0 Å². The zero-order chi connectivity index (χ0) is 10.3. The van der Waals surface area contributed by atoms with Crippen LogP contribution in [0.4, 0.5) is 0 Å². The first-order valence-corrected chi connectivity index (χ1v) is 6.52. The molecule has 1 aliphatic carbocycles. The minimum atomic E-state index is -3.00. The number of rotatable bonds is 3. The van der Waals surface area contributed by atoms with Gasteiger partial charge in [0, 0.05) is 12.6 Å². The van der Waals surface area contributed by atoms with E-state index in [9.17, 15) is 8.42 Å². The summed E-state index contributed by atoms with van der Waals surface area (Å²) in [6.45, 7) is 6.82. The van der Waals surface area contributed by atoms with E-state index in [0.29, 0.717) is 6.54 Å². The first kappa shape index (κ1) is 11.0. The average Bonchev–Trinajstić information content (AvgIpc) is 2.58. The van der Waals surface area contributed by atoms with Crippen molar-refractivity contribution < 1.29 is 8.42 Å². The normalized spacial score (nSPS) is 19.5. The quantitative estimate of drug-likeness (QED) is 0.699. The second kappa shape index (κ2) is 3.24. The van der Waals surface area contributed by atoms with E-state index < -0.39 is 10.0 Å². The third-order valence-electron chi connectivity index (χ3n) is 2.01. The van der Waals surface area contributed by atoms with Gasteiger partial charge in [-0.1, -0.05) is 20.8 Å². The fraction of sp³-hybridized carbons (Fsp3) is 1.00. The van der Waals surface area contributed by atoms with Crippen LogP contribution in [0.1, 0.15) is 33.6 Å². The van der Waals surface area contributed by atoms with E-state index in [0.717, 1.165) is 12.8 Å². The Morgan fingerprint density at radius 2 is 1.77 bits per heavy atom. The summed E-state index contributed by atoms with van der Waals surface area (Å²) in [6.07, 6.45) is 3.36. The third kappa shape index (κ3) is 3.65. The van der Waals surface area contributed by atoms with Gasteiger partial charge >= 0.3 is 0 Å². The van der Waals surface area contributed by atoms with E-state index in [-0.39, 0.29) is 11.5 Å². The predicted molar refractivity (Wildman–Crippen MR) is 54.0 cm³/mol. The third-order valence-corrected chi connectivity index (χ3v) is 3.29. The van der Waals surface area contributed by atoms with Gasteiger partial charge in [0.05, 0.1) is 6.26 Å². The van der Waals surface area contributed by atoms with Gasteiger partial charge in [-0.25, -0.2) is 8.42 Å². The summed E-state index contributed by atoms with van der Waals surface area (Å²) in [6, 6.07) is 0.286. The van der Waals surface area contributed by atoms with E-state index in [2.05, 4.69) is 20.8 Å². The highest BCUT2D eigenvalue weighted by molar-refractivity contribution is 7.88. The van der Waals surface area contributed by atoms with Gasteiger partial charge in [-0.05, 0) is 18.3 Å². The van der Waals surface area contributed by atoms with Crippen molar-refractivity contribution in [3.63, 3.8) is 0 Å². The Morgan fingerprint density at radius 1 is 1.31 bits per heavy atom. The van der Waals surface area contributed by atoms with Gasteiger partial charge < -0.3 is 0 Å². The Bertz CT molecular complexity index is 272. The molecular formula is C9H19NO2S. The van der Waals surface area contributed by atoms with Gasteiger partial charge in [0.2, 0.25) is 10.0 Å². The number of hydrogen-bond acceptors (Lipinski definition) is 2. The molecule has 1 saturated carbocycles. The minimum Gasteiger partial charge on any atom is -0.212 e. The molecule has 0 aromatic carbocycles. The SMILES string of the molecule is CC(C)(C)CN(C1CC1)S(C)(=O)=O. The highest BCUT2D eigenvalue weighted by atomic mass is 32.2. The molecule has 0 aliphatic heterocycles. The molecule has 78 valence electrons. The summed E-state index contributed by atoms with van der Waals surface area (Å²) >= 11 is 0. The molecule has 0 atom stereocenters. The van der Waals surface area contributed by atoms with Crippen molar-refractivity contribution in [1.82, 2.24) is 4.31 Å². The molecule has 0 radical (unpaired) electrons. The van der Waals surface area contributed by atoms with Gasteiger partial charge in [-0.3, -0.25) is 0 Å². The largest absolute Gasteiger partial charge is 0.212 e. The molecule has 1 rings (SSSR count). The zero-order valence-corrected chi connectivity index (χ0v) is 9.69. The average molecular weight is 205 g/mol. The van der Waals surface area contributed by atoms with Crippen LogP contribution in [-0.2, 0) is 10.0 Å². The maximum atomic E-state index is 11.4. The van der Waals surface area contributed by atoms with E-state index in [1.165, 1.54) is 6.26 Å². The molecule has 0 aromatic heterocycles. The lowest BCUT2D eigenvalue weighted by atomic mass is 9.97. The Labute approximate surface area is 81.2 Å².